The van der Waals surface area contributed by atoms with Crippen LogP contribution in [-0.2, 0) is 11.4 Å². The van der Waals surface area contributed by atoms with Gasteiger partial charge in [0.2, 0.25) is 5.91 Å². The van der Waals surface area contributed by atoms with Gasteiger partial charge in [-0.05, 0) is 51.7 Å². The third-order valence-electron chi connectivity index (χ3n) is 4.23. The number of amides is 1. The maximum Gasteiger partial charge on any atom is 0.243 e. The number of halogens is 1. The second-order valence-corrected chi connectivity index (χ2v) is 7.35. The van der Waals surface area contributed by atoms with Crippen LogP contribution in [0.5, 0.6) is 11.5 Å². The van der Waals surface area contributed by atoms with Crippen molar-refractivity contribution in [3.05, 3.63) is 64.1 Å². The van der Waals surface area contributed by atoms with E-state index in [0.717, 1.165) is 28.4 Å². The van der Waals surface area contributed by atoms with E-state index in [1.807, 2.05) is 42.5 Å². The molecule has 0 aliphatic heterocycles. The molecule has 0 heterocycles. The Hall–Kier alpha value is -2.27. The van der Waals surface area contributed by atoms with E-state index in [2.05, 4.69) is 28.2 Å². The highest BCUT2D eigenvalue weighted by atomic mass is 79.9. The molecule has 0 saturated carbocycles. The zero-order valence-electron chi connectivity index (χ0n) is 16.5. The molecule has 4 nitrogen and oxygen atoms in total. The van der Waals surface area contributed by atoms with Crippen LogP contribution < -0.4 is 14.8 Å². The Morgan fingerprint density at radius 1 is 1.14 bits per heavy atom. The van der Waals surface area contributed by atoms with E-state index in [1.165, 1.54) is 12.8 Å². The summed E-state index contributed by atoms with van der Waals surface area (Å²) >= 11 is 3.55. The molecule has 0 bridgehead atoms. The van der Waals surface area contributed by atoms with E-state index < -0.39 is 0 Å². The van der Waals surface area contributed by atoms with Gasteiger partial charge in [-0.1, -0.05) is 56.5 Å². The highest BCUT2D eigenvalue weighted by Gasteiger charge is 2.11. The molecule has 0 spiro atoms. The molecule has 2 rings (SSSR count). The Morgan fingerprint density at radius 2 is 1.93 bits per heavy atom. The average Bonchev–Trinajstić information content (AvgIpc) is 2.71. The molecular formula is C23H28BrNO3. The first-order valence-electron chi connectivity index (χ1n) is 9.64. The summed E-state index contributed by atoms with van der Waals surface area (Å²) in [6.45, 7) is 3.33. The summed E-state index contributed by atoms with van der Waals surface area (Å²) < 4.78 is 12.2. The van der Waals surface area contributed by atoms with Crippen molar-refractivity contribution in [2.24, 2.45) is 0 Å². The number of carbonyl (C=O) groups excluding carboxylic acids is 1. The molecule has 5 heteroatoms. The molecule has 2 aromatic carbocycles. The van der Waals surface area contributed by atoms with Crippen LogP contribution in [0.25, 0.3) is 6.08 Å². The second-order valence-electron chi connectivity index (χ2n) is 6.49. The first kappa shape index (κ1) is 22.0. The summed E-state index contributed by atoms with van der Waals surface area (Å²) in [6, 6.07) is 13.7. The van der Waals surface area contributed by atoms with Crippen LogP contribution in [0.15, 0.2) is 53.0 Å². The lowest BCUT2D eigenvalue weighted by atomic mass is 10.1. The molecule has 2 aromatic rings. The van der Waals surface area contributed by atoms with Crippen molar-refractivity contribution in [2.45, 2.75) is 39.2 Å². The fourth-order valence-electron chi connectivity index (χ4n) is 2.70. The predicted octanol–water partition coefficient (Wildman–Crippen LogP) is 5.75. The maximum atomic E-state index is 11.9. The van der Waals surface area contributed by atoms with Gasteiger partial charge in [0.15, 0.2) is 11.5 Å². The second kappa shape index (κ2) is 12.2. The van der Waals surface area contributed by atoms with Gasteiger partial charge < -0.3 is 14.8 Å². The van der Waals surface area contributed by atoms with E-state index in [0.29, 0.717) is 24.7 Å². The quantitative estimate of drug-likeness (QED) is 0.353. The number of carbonyl (C=O) groups is 1. The third-order valence-corrected chi connectivity index (χ3v) is 4.82. The van der Waals surface area contributed by atoms with Gasteiger partial charge in [0.1, 0.15) is 6.61 Å². The van der Waals surface area contributed by atoms with Gasteiger partial charge in [0.05, 0.1) is 11.6 Å². The lowest BCUT2D eigenvalue weighted by Gasteiger charge is -2.13. The number of unbranched alkanes of at least 4 members (excludes halogenated alkanes) is 3. The molecule has 1 N–H and O–H groups in total. The minimum Gasteiger partial charge on any atom is -0.493 e. The number of ether oxygens (including phenoxy) is 2. The van der Waals surface area contributed by atoms with Gasteiger partial charge in [-0.25, -0.2) is 0 Å². The topological polar surface area (TPSA) is 47.6 Å². The van der Waals surface area contributed by atoms with Crippen molar-refractivity contribution in [3.8, 4) is 11.5 Å². The number of nitrogens with one attached hydrogen (secondary N) is 1. The number of rotatable bonds is 11. The normalized spacial score (nSPS) is 10.8. The maximum absolute atomic E-state index is 11.9. The third kappa shape index (κ3) is 7.39. The average molecular weight is 446 g/mol. The summed E-state index contributed by atoms with van der Waals surface area (Å²) in [5, 5.41) is 2.91. The van der Waals surface area contributed by atoms with Crippen LogP contribution in [0.3, 0.4) is 0 Å². The zero-order chi connectivity index (χ0) is 20.2. The molecule has 0 aromatic heterocycles. The molecular weight excluding hydrogens is 418 g/mol. The van der Waals surface area contributed by atoms with Gasteiger partial charge in [-0.15, -0.1) is 0 Å². The van der Waals surface area contributed by atoms with Crippen molar-refractivity contribution in [1.29, 1.82) is 0 Å². The molecule has 0 saturated heterocycles. The van der Waals surface area contributed by atoms with Crippen LogP contribution >= 0.6 is 15.9 Å². The number of methoxy groups -OCH3 is 1. The van der Waals surface area contributed by atoms with E-state index in [4.69, 9.17) is 9.47 Å². The minimum atomic E-state index is -0.0870. The molecule has 0 fully saturated rings. The van der Waals surface area contributed by atoms with Crippen LogP contribution in [0.1, 0.15) is 43.7 Å². The molecule has 0 atom stereocenters. The standard InChI is InChI=1S/C23H28BrNO3/c1-3-4-5-9-14-25-22(26)13-12-19-15-20(24)23(21(16-19)27-2)28-17-18-10-7-6-8-11-18/h6-8,10-13,15-16H,3-5,9,14,17H2,1-2H3,(H,25,26)/b13-12+. The molecule has 1 amide bonds. The summed E-state index contributed by atoms with van der Waals surface area (Å²) in [5.41, 5.74) is 1.94. The minimum absolute atomic E-state index is 0.0870. The van der Waals surface area contributed by atoms with E-state index in [1.54, 1.807) is 19.3 Å². The summed E-state index contributed by atoms with van der Waals surface area (Å²) in [5.74, 6) is 1.17. The Morgan fingerprint density at radius 3 is 2.64 bits per heavy atom. The molecule has 28 heavy (non-hydrogen) atoms. The van der Waals surface area contributed by atoms with Gasteiger partial charge in [-0.3, -0.25) is 4.79 Å². The molecule has 0 aliphatic carbocycles. The molecule has 0 aliphatic rings. The van der Waals surface area contributed by atoms with Crippen molar-refractivity contribution in [3.63, 3.8) is 0 Å². The Kier molecular flexibility index (Phi) is 9.63. The Labute approximate surface area is 176 Å². The van der Waals surface area contributed by atoms with Gasteiger partial charge in [-0.2, -0.15) is 0 Å². The fourth-order valence-corrected chi connectivity index (χ4v) is 3.27. The summed E-state index contributed by atoms with van der Waals surface area (Å²) in [4.78, 5) is 11.9. The van der Waals surface area contributed by atoms with E-state index >= 15 is 0 Å². The van der Waals surface area contributed by atoms with E-state index in [9.17, 15) is 4.79 Å². The Bertz CT molecular complexity index is 775. The first-order chi connectivity index (χ1) is 13.6. The summed E-state index contributed by atoms with van der Waals surface area (Å²) in [6.07, 6.45) is 7.88. The van der Waals surface area contributed by atoms with Crippen LogP contribution in [-0.4, -0.2) is 19.6 Å². The van der Waals surface area contributed by atoms with Gasteiger partial charge in [0.25, 0.3) is 0 Å². The predicted molar refractivity (Wildman–Crippen MR) is 118 cm³/mol. The Balaban J connectivity index is 1.96. The SMILES string of the molecule is CCCCCCNC(=O)/C=C/c1cc(Br)c(OCc2ccccc2)c(OC)c1. The molecule has 150 valence electrons. The number of hydrogen-bond acceptors (Lipinski definition) is 3. The van der Waals surface area contributed by atoms with Crippen LogP contribution in [0, 0.1) is 0 Å². The largest absolute Gasteiger partial charge is 0.493 e. The van der Waals surface area contributed by atoms with Crippen molar-refractivity contribution < 1.29 is 14.3 Å². The van der Waals surface area contributed by atoms with Crippen LogP contribution in [0.4, 0.5) is 0 Å². The summed E-state index contributed by atoms with van der Waals surface area (Å²) in [7, 11) is 1.60. The van der Waals surface area contributed by atoms with E-state index in [-0.39, 0.29) is 5.91 Å². The van der Waals surface area contributed by atoms with Crippen LogP contribution in [0.2, 0.25) is 0 Å². The smallest absolute Gasteiger partial charge is 0.243 e. The van der Waals surface area contributed by atoms with Gasteiger partial charge in [0, 0.05) is 12.6 Å². The number of hydrogen-bond donors (Lipinski definition) is 1. The highest BCUT2D eigenvalue weighted by Crippen LogP contribution is 2.37. The fraction of sp³-hybridized carbons (Fsp3) is 0.348. The zero-order valence-corrected chi connectivity index (χ0v) is 18.1. The first-order valence-corrected chi connectivity index (χ1v) is 10.4. The molecule has 0 radical (unpaired) electrons. The lowest BCUT2D eigenvalue weighted by Crippen LogP contribution is -2.21. The van der Waals surface area contributed by atoms with Crippen molar-refractivity contribution in [2.75, 3.05) is 13.7 Å². The highest BCUT2D eigenvalue weighted by molar-refractivity contribution is 9.10. The van der Waals surface area contributed by atoms with Crippen molar-refractivity contribution >= 4 is 27.9 Å². The lowest BCUT2D eigenvalue weighted by molar-refractivity contribution is -0.116. The molecule has 0 unspecified atom stereocenters. The van der Waals surface area contributed by atoms with Crippen molar-refractivity contribution in [1.82, 2.24) is 5.32 Å². The monoisotopic (exact) mass is 445 g/mol. The van der Waals surface area contributed by atoms with Gasteiger partial charge >= 0.3 is 0 Å². The number of benzene rings is 2.